The van der Waals surface area contributed by atoms with E-state index in [1.165, 1.54) is 10.5 Å². The van der Waals surface area contributed by atoms with Crippen molar-refractivity contribution >= 4 is 11.7 Å². The highest BCUT2D eigenvalue weighted by Gasteiger charge is 2.56. The van der Waals surface area contributed by atoms with Crippen molar-refractivity contribution in [2.24, 2.45) is 0 Å². The number of anilines is 1. The van der Waals surface area contributed by atoms with Crippen molar-refractivity contribution in [3.05, 3.63) is 54.1 Å². The molecule has 2 N–H and O–H groups in total. The quantitative estimate of drug-likeness (QED) is 0.608. The van der Waals surface area contributed by atoms with Gasteiger partial charge in [-0.2, -0.15) is 13.2 Å². The number of β-amino-alcohol motifs (C(OH)–C–C–N with tert-alkyl or cyclic N) is 1. The second-order valence-electron chi connectivity index (χ2n) is 10.5. The first-order valence-electron chi connectivity index (χ1n) is 12.6. The maximum atomic E-state index is 13.7. The Hall–Kier alpha value is -2.72. The van der Waals surface area contributed by atoms with E-state index in [-0.39, 0.29) is 23.8 Å². The van der Waals surface area contributed by atoms with Crippen LogP contribution in [0.15, 0.2) is 42.7 Å². The molecular weight excluding hydrogens is 471 g/mol. The number of benzene rings is 1. The zero-order valence-corrected chi connectivity index (χ0v) is 20.4. The average Bonchev–Trinajstić information content (AvgIpc) is 3.11. The van der Waals surface area contributed by atoms with E-state index in [4.69, 9.17) is 0 Å². The van der Waals surface area contributed by atoms with Gasteiger partial charge in [0.15, 0.2) is 0 Å². The predicted molar refractivity (Wildman–Crippen MR) is 128 cm³/mol. The Kier molecular flexibility index (Phi) is 6.23. The van der Waals surface area contributed by atoms with Gasteiger partial charge in [0.2, 0.25) is 5.82 Å². The van der Waals surface area contributed by atoms with Crippen LogP contribution in [-0.4, -0.2) is 56.8 Å². The van der Waals surface area contributed by atoms with E-state index in [0.29, 0.717) is 32.2 Å². The highest BCUT2D eigenvalue weighted by Crippen LogP contribution is 2.49. The van der Waals surface area contributed by atoms with E-state index >= 15 is 0 Å². The van der Waals surface area contributed by atoms with Crippen LogP contribution >= 0.6 is 0 Å². The Morgan fingerprint density at radius 1 is 1.03 bits per heavy atom. The standard InChI is InChI=1S/C26H32F3N5O2/c1-2-32-25(19-7-4-3-5-8-19)13-11-23(12-14-25)17-33(20-15-30-21(31-16-20)26(27,28)29)22(35)34(23)18-24(36)9-6-10-24/h3-5,7-8,15-16,32,36H,2,6,9-14,17-18H2,1H3/t23-,25-. The van der Waals surface area contributed by atoms with Crippen LogP contribution in [0, 0.1) is 0 Å². The molecule has 7 nitrogen and oxygen atoms in total. The van der Waals surface area contributed by atoms with Crippen molar-refractivity contribution in [1.82, 2.24) is 20.2 Å². The molecule has 1 saturated heterocycles. The lowest BCUT2D eigenvalue weighted by Crippen LogP contribution is -2.59. The number of amides is 2. The van der Waals surface area contributed by atoms with Gasteiger partial charge in [0.05, 0.1) is 42.3 Å². The normalized spacial score (nSPS) is 28.0. The lowest BCUT2D eigenvalue weighted by molar-refractivity contribution is -0.144. The van der Waals surface area contributed by atoms with Gasteiger partial charge in [-0.3, -0.25) is 4.90 Å². The third-order valence-corrected chi connectivity index (χ3v) is 8.30. The first-order chi connectivity index (χ1) is 17.1. The molecule has 2 saturated carbocycles. The summed E-state index contributed by atoms with van der Waals surface area (Å²) in [4.78, 5) is 23.9. The summed E-state index contributed by atoms with van der Waals surface area (Å²) in [5.41, 5.74) is -0.205. The summed E-state index contributed by atoms with van der Waals surface area (Å²) in [7, 11) is 0. The first kappa shape index (κ1) is 25.0. The number of nitrogens with one attached hydrogen (secondary N) is 1. The molecule has 1 spiro atoms. The molecule has 1 aromatic carbocycles. The van der Waals surface area contributed by atoms with Gasteiger partial charge in [0.25, 0.3) is 0 Å². The van der Waals surface area contributed by atoms with E-state index in [1.807, 2.05) is 18.2 Å². The predicted octanol–water partition coefficient (Wildman–Crippen LogP) is 4.47. The Labute approximate surface area is 208 Å². The van der Waals surface area contributed by atoms with E-state index in [1.54, 1.807) is 4.90 Å². The van der Waals surface area contributed by atoms with Crippen molar-refractivity contribution in [1.29, 1.82) is 0 Å². The number of aromatic nitrogens is 2. The van der Waals surface area contributed by atoms with Crippen LogP contribution in [0.4, 0.5) is 23.7 Å². The van der Waals surface area contributed by atoms with Gasteiger partial charge < -0.3 is 15.3 Å². The third kappa shape index (κ3) is 4.34. The molecule has 3 aliphatic rings. The zero-order valence-electron chi connectivity index (χ0n) is 20.4. The van der Waals surface area contributed by atoms with Gasteiger partial charge >= 0.3 is 12.2 Å². The summed E-state index contributed by atoms with van der Waals surface area (Å²) in [6, 6.07) is 10.00. The SMILES string of the molecule is CCN[C@]1(c2ccccc2)CC[C@@]2(CC1)CN(c1cnc(C(F)(F)F)nc1)C(=O)N2CC1(O)CCC1. The Morgan fingerprint density at radius 2 is 1.67 bits per heavy atom. The highest BCUT2D eigenvalue weighted by molar-refractivity contribution is 5.95. The van der Waals surface area contributed by atoms with Crippen molar-refractivity contribution in [3.63, 3.8) is 0 Å². The minimum Gasteiger partial charge on any atom is -0.388 e. The van der Waals surface area contributed by atoms with E-state index in [0.717, 1.165) is 38.2 Å². The van der Waals surface area contributed by atoms with Crippen LogP contribution in [-0.2, 0) is 11.7 Å². The van der Waals surface area contributed by atoms with E-state index in [9.17, 15) is 23.1 Å². The lowest BCUT2D eigenvalue weighted by Gasteiger charge is -2.50. The third-order valence-electron chi connectivity index (χ3n) is 8.30. The number of alkyl halides is 3. The van der Waals surface area contributed by atoms with Crippen LogP contribution < -0.4 is 10.2 Å². The Morgan fingerprint density at radius 3 is 2.19 bits per heavy atom. The number of halogens is 3. The highest BCUT2D eigenvalue weighted by atomic mass is 19.4. The summed E-state index contributed by atoms with van der Waals surface area (Å²) in [5.74, 6) is -1.23. The van der Waals surface area contributed by atoms with Crippen LogP contribution in [0.3, 0.4) is 0 Å². The van der Waals surface area contributed by atoms with Crippen molar-refractivity contribution < 1.29 is 23.1 Å². The molecule has 0 atom stereocenters. The summed E-state index contributed by atoms with van der Waals surface area (Å²) in [5, 5.41) is 14.7. The fourth-order valence-electron chi connectivity index (χ4n) is 6.11. The van der Waals surface area contributed by atoms with E-state index in [2.05, 4.69) is 34.3 Å². The molecule has 3 fully saturated rings. The van der Waals surface area contributed by atoms with Gasteiger partial charge in [-0.25, -0.2) is 14.8 Å². The topological polar surface area (TPSA) is 81.6 Å². The second kappa shape index (κ2) is 8.99. The van der Waals surface area contributed by atoms with Crippen LogP contribution in [0.2, 0.25) is 0 Å². The molecule has 2 heterocycles. The molecule has 1 aliphatic heterocycles. The summed E-state index contributed by atoms with van der Waals surface area (Å²) >= 11 is 0. The van der Waals surface area contributed by atoms with E-state index < -0.39 is 23.1 Å². The summed E-state index contributed by atoms with van der Waals surface area (Å²) < 4.78 is 38.9. The number of nitrogens with zero attached hydrogens (tertiary/aromatic N) is 4. The van der Waals surface area contributed by atoms with Crippen LogP contribution in [0.5, 0.6) is 0 Å². The number of hydrogen-bond acceptors (Lipinski definition) is 5. The number of carbonyl (C=O) groups is 1. The number of hydrogen-bond donors (Lipinski definition) is 2. The molecule has 0 unspecified atom stereocenters. The summed E-state index contributed by atoms with van der Waals surface area (Å²) in [6.45, 7) is 3.44. The molecule has 2 aliphatic carbocycles. The smallest absolute Gasteiger partial charge is 0.388 e. The fraction of sp³-hybridized carbons (Fsp3) is 0.577. The second-order valence-corrected chi connectivity index (χ2v) is 10.5. The van der Waals surface area contributed by atoms with Gasteiger partial charge in [0.1, 0.15) is 0 Å². The number of carbonyl (C=O) groups excluding carboxylic acids is 1. The zero-order chi connectivity index (χ0) is 25.6. The molecule has 0 radical (unpaired) electrons. The molecule has 5 rings (SSSR count). The minimum absolute atomic E-state index is 0.214. The maximum absolute atomic E-state index is 13.7. The van der Waals surface area contributed by atoms with Crippen molar-refractivity contribution in [2.75, 3.05) is 24.5 Å². The maximum Gasteiger partial charge on any atom is 0.451 e. The van der Waals surface area contributed by atoms with Gasteiger partial charge in [0, 0.05) is 5.54 Å². The van der Waals surface area contributed by atoms with Gasteiger partial charge in [-0.15, -0.1) is 0 Å². The first-order valence-corrected chi connectivity index (χ1v) is 12.6. The molecule has 1 aromatic heterocycles. The molecule has 2 amide bonds. The molecule has 36 heavy (non-hydrogen) atoms. The molecular formula is C26H32F3N5O2. The monoisotopic (exact) mass is 503 g/mol. The Bertz CT molecular complexity index is 1080. The number of rotatable bonds is 6. The van der Waals surface area contributed by atoms with Gasteiger partial charge in [-0.05, 0) is 57.1 Å². The number of urea groups is 1. The molecule has 0 bridgehead atoms. The van der Waals surface area contributed by atoms with Crippen LogP contribution in [0.25, 0.3) is 0 Å². The van der Waals surface area contributed by atoms with Crippen molar-refractivity contribution in [2.45, 2.75) is 74.7 Å². The molecule has 2 aromatic rings. The Balaban J connectivity index is 1.44. The largest absolute Gasteiger partial charge is 0.451 e. The van der Waals surface area contributed by atoms with Gasteiger partial charge in [-0.1, -0.05) is 37.3 Å². The minimum atomic E-state index is -4.65. The van der Waals surface area contributed by atoms with Crippen LogP contribution in [0.1, 0.15) is 63.3 Å². The van der Waals surface area contributed by atoms with Crippen molar-refractivity contribution in [3.8, 4) is 0 Å². The average molecular weight is 504 g/mol. The number of aliphatic hydroxyl groups is 1. The summed E-state index contributed by atoms with van der Waals surface area (Å²) in [6.07, 6.45) is 2.68. The molecule has 194 valence electrons. The fourth-order valence-corrected chi connectivity index (χ4v) is 6.11. The molecule has 10 heteroatoms. The lowest BCUT2D eigenvalue weighted by atomic mass is 9.68.